The number of ether oxygens (including phenoxy) is 1. The van der Waals surface area contributed by atoms with E-state index < -0.39 is 0 Å². The summed E-state index contributed by atoms with van der Waals surface area (Å²) in [5.74, 6) is -0.101. The van der Waals surface area contributed by atoms with Gasteiger partial charge in [-0.1, -0.05) is 12.1 Å². The second kappa shape index (κ2) is 7.59. The molecule has 1 aromatic heterocycles. The fourth-order valence-corrected chi connectivity index (χ4v) is 2.96. The van der Waals surface area contributed by atoms with Crippen LogP contribution >= 0.6 is 0 Å². The first-order valence-electron chi connectivity index (χ1n) is 8.83. The lowest BCUT2D eigenvalue weighted by Crippen LogP contribution is -2.50. The molecule has 0 bridgehead atoms. The summed E-state index contributed by atoms with van der Waals surface area (Å²) in [5.41, 5.74) is 4.61. The molecule has 1 saturated heterocycles. The molecule has 2 aromatic rings. The van der Waals surface area contributed by atoms with Gasteiger partial charge < -0.3 is 14.5 Å². The first-order valence-corrected chi connectivity index (χ1v) is 8.83. The van der Waals surface area contributed by atoms with Crippen molar-refractivity contribution in [3.8, 4) is 11.3 Å². The van der Waals surface area contributed by atoms with E-state index in [0.717, 1.165) is 11.3 Å². The summed E-state index contributed by atoms with van der Waals surface area (Å²) in [7, 11) is 0. The van der Waals surface area contributed by atoms with Gasteiger partial charge in [0.05, 0.1) is 12.3 Å². The molecule has 1 aliphatic heterocycles. The average Bonchev–Trinajstić information content (AvgIpc) is 3.14. The first kappa shape index (κ1) is 18.0. The Bertz CT molecular complexity index is 807. The molecule has 7 nitrogen and oxygen atoms in total. The normalized spacial score (nSPS) is 14.4. The van der Waals surface area contributed by atoms with Crippen molar-refractivity contribution < 1.29 is 14.3 Å². The van der Waals surface area contributed by atoms with E-state index in [1.165, 1.54) is 11.1 Å². The zero-order chi connectivity index (χ0) is 18.7. The van der Waals surface area contributed by atoms with E-state index in [0.29, 0.717) is 38.5 Å². The maximum Gasteiger partial charge on any atom is 0.409 e. The van der Waals surface area contributed by atoms with Crippen molar-refractivity contribution >= 4 is 12.0 Å². The number of H-pyrrole nitrogens is 1. The fraction of sp³-hybridized carbons (Fsp3) is 0.421. The second-order valence-electron chi connectivity index (χ2n) is 6.44. The predicted molar refractivity (Wildman–Crippen MR) is 98.0 cm³/mol. The Labute approximate surface area is 152 Å². The standard InChI is InChI=1S/C19H24N4O3/c1-4-26-19(25)23-9-7-22(8-10-23)18(24)17-12-16(20-21-17)15-6-5-13(2)14(3)11-15/h5-6,11-12H,4,7-10H2,1-3H3,(H,20,21). The Morgan fingerprint density at radius 1 is 1.08 bits per heavy atom. The number of aromatic amines is 1. The van der Waals surface area contributed by atoms with Crippen molar-refractivity contribution in [2.75, 3.05) is 32.8 Å². The molecule has 1 aromatic carbocycles. The maximum atomic E-state index is 12.7. The molecule has 2 heterocycles. The van der Waals surface area contributed by atoms with Gasteiger partial charge >= 0.3 is 6.09 Å². The summed E-state index contributed by atoms with van der Waals surface area (Å²) in [6.07, 6.45) is -0.321. The van der Waals surface area contributed by atoms with Gasteiger partial charge in [-0.25, -0.2) is 4.79 Å². The van der Waals surface area contributed by atoms with Crippen molar-refractivity contribution in [1.29, 1.82) is 0 Å². The molecular formula is C19H24N4O3. The summed E-state index contributed by atoms with van der Waals surface area (Å²) in [6.45, 7) is 8.17. The number of aryl methyl sites for hydroxylation is 2. The van der Waals surface area contributed by atoms with Crippen molar-refractivity contribution in [1.82, 2.24) is 20.0 Å². The number of aromatic nitrogens is 2. The number of amides is 2. The van der Waals surface area contributed by atoms with Crippen LogP contribution in [0.25, 0.3) is 11.3 Å². The predicted octanol–water partition coefficient (Wildman–Crippen LogP) is 2.61. The number of carbonyl (C=O) groups is 2. The molecule has 0 saturated carbocycles. The van der Waals surface area contributed by atoms with E-state index in [1.54, 1.807) is 22.8 Å². The molecule has 0 aliphatic carbocycles. The Balaban J connectivity index is 1.65. The minimum Gasteiger partial charge on any atom is -0.450 e. The molecule has 1 N–H and O–H groups in total. The van der Waals surface area contributed by atoms with Gasteiger partial charge in [-0.05, 0) is 44.0 Å². The van der Waals surface area contributed by atoms with Gasteiger partial charge in [0.2, 0.25) is 0 Å². The summed E-state index contributed by atoms with van der Waals surface area (Å²) >= 11 is 0. The minimum atomic E-state index is -0.321. The molecular weight excluding hydrogens is 332 g/mol. The van der Waals surface area contributed by atoms with Crippen LogP contribution in [0.1, 0.15) is 28.5 Å². The highest BCUT2D eigenvalue weighted by Crippen LogP contribution is 2.21. The van der Waals surface area contributed by atoms with Gasteiger partial charge in [0.1, 0.15) is 5.69 Å². The smallest absolute Gasteiger partial charge is 0.409 e. The van der Waals surface area contributed by atoms with Crippen LogP contribution in [-0.2, 0) is 4.74 Å². The molecule has 1 aliphatic rings. The Morgan fingerprint density at radius 2 is 1.77 bits per heavy atom. The molecule has 0 unspecified atom stereocenters. The van der Waals surface area contributed by atoms with Crippen LogP contribution in [-0.4, -0.2) is 64.8 Å². The fourth-order valence-electron chi connectivity index (χ4n) is 2.96. The Hall–Kier alpha value is -2.83. The molecule has 26 heavy (non-hydrogen) atoms. The van der Waals surface area contributed by atoms with Gasteiger partial charge in [-0.15, -0.1) is 0 Å². The molecule has 2 amide bonds. The van der Waals surface area contributed by atoms with Crippen molar-refractivity contribution in [2.45, 2.75) is 20.8 Å². The molecule has 0 atom stereocenters. The third kappa shape index (κ3) is 3.71. The van der Waals surface area contributed by atoms with Crippen LogP contribution in [0.4, 0.5) is 4.79 Å². The van der Waals surface area contributed by atoms with Crippen LogP contribution in [0.2, 0.25) is 0 Å². The van der Waals surface area contributed by atoms with E-state index in [1.807, 2.05) is 6.07 Å². The van der Waals surface area contributed by atoms with Gasteiger partial charge in [-0.2, -0.15) is 5.10 Å². The van der Waals surface area contributed by atoms with Gasteiger partial charge in [0.15, 0.2) is 0 Å². The molecule has 0 radical (unpaired) electrons. The molecule has 3 rings (SSSR count). The SMILES string of the molecule is CCOC(=O)N1CCN(C(=O)c2cc(-c3ccc(C)c(C)c3)n[nH]2)CC1. The van der Waals surface area contributed by atoms with Crippen LogP contribution in [0.15, 0.2) is 24.3 Å². The van der Waals surface area contributed by atoms with E-state index in [4.69, 9.17) is 4.74 Å². The number of piperazine rings is 1. The van der Waals surface area contributed by atoms with Gasteiger partial charge in [-0.3, -0.25) is 9.89 Å². The molecule has 138 valence electrons. The monoisotopic (exact) mass is 356 g/mol. The zero-order valence-corrected chi connectivity index (χ0v) is 15.4. The first-order chi connectivity index (χ1) is 12.5. The van der Waals surface area contributed by atoms with Gasteiger partial charge in [0, 0.05) is 31.7 Å². The summed E-state index contributed by atoms with van der Waals surface area (Å²) in [6, 6.07) is 7.91. The topological polar surface area (TPSA) is 78.5 Å². The van der Waals surface area contributed by atoms with Crippen LogP contribution in [0.3, 0.4) is 0 Å². The van der Waals surface area contributed by atoms with E-state index in [2.05, 4.69) is 36.2 Å². The zero-order valence-electron chi connectivity index (χ0n) is 15.4. The number of nitrogens with zero attached hydrogens (tertiary/aromatic N) is 3. The van der Waals surface area contributed by atoms with E-state index >= 15 is 0 Å². The highest BCUT2D eigenvalue weighted by Gasteiger charge is 2.26. The van der Waals surface area contributed by atoms with Crippen molar-refractivity contribution in [2.24, 2.45) is 0 Å². The van der Waals surface area contributed by atoms with Crippen molar-refractivity contribution in [3.05, 3.63) is 41.1 Å². The number of carbonyl (C=O) groups excluding carboxylic acids is 2. The summed E-state index contributed by atoms with van der Waals surface area (Å²) in [4.78, 5) is 27.8. The highest BCUT2D eigenvalue weighted by molar-refractivity contribution is 5.93. The van der Waals surface area contributed by atoms with Crippen LogP contribution < -0.4 is 0 Å². The van der Waals surface area contributed by atoms with Crippen LogP contribution in [0, 0.1) is 13.8 Å². The van der Waals surface area contributed by atoms with Crippen LogP contribution in [0.5, 0.6) is 0 Å². The number of rotatable bonds is 3. The number of hydrogen-bond acceptors (Lipinski definition) is 4. The average molecular weight is 356 g/mol. The molecule has 0 spiro atoms. The van der Waals surface area contributed by atoms with Gasteiger partial charge in [0.25, 0.3) is 5.91 Å². The lowest BCUT2D eigenvalue weighted by Gasteiger charge is -2.33. The summed E-state index contributed by atoms with van der Waals surface area (Å²) < 4.78 is 5.00. The number of hydrogen-bond donors (Lipinski definition) is 1. The molecule has 1 fully saturated rings. The molecule has 7 heteroatoms. The third-order valence-electron chi connectivity index (χ3n) is 4.70. The largest absolute Gasteiger partial charge is 0.450 e. The lowest BCUT2D eigenvalue weighted by molar-refractivity contribution is 0.0566. The summed E-state index contributed by atoms with van der Waals surface area (Å²) in [5, 5.41) is 7.13. The highest BCUT2D eigenvalue weighted by atomic mass is 16.6. The van der Waals surface area contributed by atoms with E-state index in [-0.39, 0.29) is 12.0 Å². The van der Waals surface area contributed by atoms with E-state index in [9.17, 15) is 9.59 Å². The maximum absolute atomic E-state index is 12.7. The Morgan fingerprint density at radius 3 is 2.42 bits per heavy atom. The number of nitrogens with one attached hydrogen (secondary N) is 1. The van der Waals surface area contributed by atoms with Crippen molar-refractivity contribution in [3.63, 3.8) is 0 Å². The number of benzene rings is 1. The quantitative estimate of drug-likeness (QED) is 0.917. The lowest BCUT2D eigenvalue weighted by atomic mass is 10.0. The second-order valence-corrected chi connectivity index (χ2v) is 6.44. The Kier molecular flexibility index (Phi) is 5.25. The minimum absolute atomic E-state index is 0.101. The third-order valence-corrected chi connectivity index (χ3v) is 4.70.